The Balaban J connectivity index is 1.79. The smallest absolute Gasteiger partial charge is 0.211 e. The van der Waals surface area contributed by atoms with Crippen LogP contribution in [0.3, 0.4) is 0 Å². The number of anilines is 1. The van der Waals surface area contributed by atoms with Crippen LogP contribution in [-0.2, 0) is 29.7 Å². The molecule has 0 atom stereocenters. The van der Waals surface area contributed by atoms with Crippen LogP contribution in [0.4, 0.5) is 5.82 Å². The lowest BCUT2D eigenvalue weighted by Gasteiger charge is -2.16. The number of hydrogen-bond acceptors (Lipinski definition) is 6. The zero-order valence-corrected chi connectivity index (χ0v) is 16.0. The first-order valence-electron chi connectivity index (χ1n) is 8.41. The number of nitrogens with zero attached hydrogens (tertiary/aromatic N) is 5. The molecule has 0 aliphatic carbocycles. The van der Waals surface area contributed by atoms with Gasteiger partial charge in [0.15, 0.2) is 0 Å². The van der Waals surface area contributed by atoms with E-state index in [9.17, 15) is 13.7 Å². The maximum absolute atomic E-state index is 11.8. The second-order valence-electron chi connectivity index (χ2n) is 6.57. The number of pyridine rings is 1. The number of nitrogens with one attached hydrogen (secondary N) is 1. The molecule has 3 heterocycles. The summed E-state index contributed by atoms with van der Waals surface area (Å²) in [6.45, 7) is 5.72. The van der Waals surface area contributed by atoms with Gasteiger partial charge in [0, 0.05) is 18.8 Å². The molecule has 0 amide bonds. The largest absolute Gasteiger partial charge is 0.363 e. The van der Waals surface area contributed by atoms with Crippen molar-refractivity contribution in [2.24, 2.45) is 0 Å². The molecule has 26 heavy (non-hydrogen) atoms. The highest BCUT2D eigenvalue weighted by Crippen LogP contribution is 2.20. The van der Waals surface area contributed by atoms with E-state index >= 15 is 0 Å². The van der Waals surface area contributed by atoms with Crippen molar-refractivity contribution in [2.75, 3.05) is 18.1 Å². The van der Waals surface area contributed by atoms with E-state index in [-0.39, 0.29) is 0 Å². The Hall–Kier alpha value is -2.44. The molecule has 1 aliphatic rings. The molecule has 2 aromatic heterocycles. The first kappa shape index (κ1) is 18.4. The molecular weight excluding hydrogens is 352 g/mol. The fraction of sp³-hybridized carbons (Fsp3) is 0.471. The van der Waals surface area contributed by atoms with Gasteiger partial charge in [-0.2, -0.15) is 14.7 Å². The van der Waals surface area contributed by atoms with Crippen molar-refractivity contribution in [1.82, 2.24) is 19.1 Å². The number of sulfonamides is 1. The van der Waals surface area contributed by atoms with E-state index in [1.165, 1.54) is 10.6 Å². The Kier molecular flexibility index (Phi) is 4.98. The molecule has 0 fully saturated rings. The summed E-state index contributed by atoms with van der Waals surface area (Å²) < 4.78 is 27.0. The second kappa shape index (κ2) is 7.05. The molecule has 0 spiro atoms. The van der Waals surface area contributed by atoms with Crippen LogP contribution in [0.1, 0.15) is 34.6 Å². The van der Waals surface area contributed by atoms with Crippen molar-refractivity contribution in [3.8, 4) is 6.07 Å². The first-order valence-corrected chi connectivity index (χ1v) is 10.3. The van der Waals surface area contributed by atoms with Gasteiger partial charge >= 0.3 is 0 Å². The highest BCUT2D eigenvalue weighted by Gasteiger charge is 2.22. The Morgan fingerprint density at radius 3 is 2.77 bits per heavy atom. The van der Waals surface area contributed by atoms with Crippen molar-refractivity contribution >= 4 is 15.8 Å². The third-order valence-corrected chi connectivity index (χ3v) is 5.64. The van der Waals surface area contributed by atoms with Crippen LogP contribution in [-0.4, -0.2) is 40.3 Å². The number of aromatic nitrogens is 3. The van der Waals surface area contributed by atoms with Gasteiger partial charge in [-0.05, 0) is 38.0 Å². The van der Waals surface area contributed by atoms with Crippen LogP contribution >= 0.6 is 0 Å². The molecule has 9 heteroatoms. The Labute approximate surface area is 153 Å². The number of fused-ring (bicyclic) bond motifs is 1. The average Bonchev–Trinajstić information content (AvgIpc) is 2.81. The van der Waals surface area contributed by atoms with Gasteiger partial charge < -0.3 is 5.32 Å². The summed E-state index contributed by atoms with van der Waals surface area (Å²) in [5.41, 5.74) is 3.92. The molecular formula is C17H22N6O2S. The molecule has 8 nitrogen and oxygen atoms in total. The summed E-state index contributed by atoms with van der Waals surface area (Å²) in [7, 11) is -3.23. The van der Waals surface area contributed by atoms with Gasteiger partial charge in [-0.3, -0.25) is 4.68 Å². The van der Waals surface area contributed by atoms with Crippen molar-refractivity contribution in [3.63, 3.8) is 0 Å². The topological polar surface area (TPSA) is 104 Å². The van der Waals surface area contributed by atoms with Crippen LogP contribution in [0.5, 0.6) is 0 Å². The summed E-state index contributed by atoms with van der Waals surface area (Å²) in [6, 6.07) is 5.97. The first-order chi connectivity index (χ1) is 12.3. The molecule has 0 bridgehead atoms. The molecule has 1 aliphatic heterocycles. The highest BCUT2D eigenvalue weighted by atomic mass is 32.2. The van der Waals surface area contributed by atoms with Crippen molar-refractivity contribution in [2.45, 2.75) is 39.9 Å². The molecule has 138 valence electrons. The standard InChI is InChI=1S/C17H22N6O2S/c1-12-7-13(2)20-17(16(12)9-18)19-10-14-8-15-11-22(26(3,24)25)5-4-6-23(15)21-14/h7-8H,4-6,10-11H2,1-3H3,(H,19,20). The summed E-state index contributed by atoms with van der Waals surface area (Å²) >= 11 is 0. The Morgan fingerprint density at radius 1 is 1.31 bits per heavy atom. The minimum absolute atomic E-state index is 0.330. The fourth-order valence-electron chi connectivity index (χ4n) is 3.14. The van der Waals surface area contributed by atoms with E-state index in [1.54, 1.807) is 0 Å². The zero-order valence-electron chi connectivity index (χ0n) is 15.2. The van der Waals surface area contributed by atoms with Crippen LogP contribution in [0, 0.1) is 25.2 Å². The van der Waals surface area contributed by atoms with E-state index in [2.05, 4.69) is 21.5 Å². The lowest BCUT2D eigenvalue weighted by molar-refractivity contribution is 0.414. The summed E-state index contributed by atoms with van der Waals surface area (Å²) in [6.07, 6.45) is 1.96. The lowest BCUT2D eigenvalue weighted by atomic mass is 10.1. The van der Waals surface area contributed by atoms with E-state index in [1.807, 2.05) is 30.7 Å². The average molecular weight is 374 g/mol. The predicted molar refractivity (Wildman–Crippen MR) is 97.9 cm³/mol. The van der Waals surface area contributed by atoms with Crippen LogP contribution < -0.4 is 5.32 Å². The van der Waals surface area contributed by atoms with E-state index in [0.717, 1.165) is 29.1 Å². The van der Waals surface area contributed by atoms with Crippen molar-refractivity contribution < 1.29 is 8.42 Å². The molecule has 0 saturated heterocycles. The molecule has 0 radical (unpaired) electrons. The quantitative estimate of drug-likeness (QED) is 0.871. The minimum atomic E-state index is -3.23. The van der Waals surface area contributed by atoms with Gasteiger partial charge in [-0.25, -0.2) is 13.4 Å². The Bertz CT molecular complexity index is 974. The lowest BCUT2D eigenvalue weighted by Crippen LogP contribution is -2.29. The maximum Gasteiger partial charge on any atom is 0.211 e. The highest BCUT2D eigenvalue weighted by molar-refractivity contribution is 7.88. The van der Waals surface area contributed by atoms with E-state index in [0.29, 0.717) is 37.6 Å². The number of nitriles is 1. The number of rotatable bonds is 4. The number of hydrogen-bond donors (Lipinski definition) is 1. The van der Waals surface area contributed by atoms with Crippen molar-refractivity contribution in [3.05, 3.63) is 40.3 Å². The molecule has 3 rings (SSSR count). The zero-order chi connectivity index (χ0) is 18.9. The summed E-state index contributed by atoms with van der Waals surface area (Å²) in [5, 5.41) is 17.1. The molecule has 2 aromatic rings. The maximum atomic E-state index is 11.8. The molecule has 0 aromatic carbocycles. The van der Waals surface area contributed by atoms with Gasteiger partial charge in [0.25, 0.3) is 0 Å². The van der Waals surface area contributed by atoms with Crippen molar-refractivity contribution in [1.29, 1.82) is 5.26 Å². The molecule has 0 unspecified atom stereocenters. The van der Waals surface area contributed by atoms with Gasteiger partial charge in [-0.15, -0.1) is 0 Å². The monoisotopic (exact) mass is 374 g/mol. The van der Waals surface area contributed by atoms with Crippen LogP contribution in [0.25, 0.3) is 0 Å². The SMILES string of the molecule is Cc1cc(C)c(C#N)c(NCc2cc3n(n2)CCCN(S(C)(=O)=O)C3)n1. The normalized spacial score (nSPS) is 15.2. The van der Waals surface area contributed by atoms with Crippen LogP contribution in [0.15, 0.2) is 12.1 Å². The van der Waals surface area contributed by atoms with E-state index in [4.69, 9.17) is 0 Å². The summed E-state index contributed by atoms with van der Waals surface area (Å²) in [4.78, 5) is 4.41. The van der Waals surface area contributed by atoms with Gasteiger partial charge in [0.1, 0.15) is 11.9 Å². The third-order valence-electron chi connectivity index (χ3n) is 4.39. The second-order valence-corrected chi connectivity index (χ2v) is 8.55. The van der Waals surface area contributed by atoms with Gasteiger partial charge in [0.2, 0.25) is 10.0 Å². The molecule has 0 saturated carbocycles. The van der Waals surface area contributed by atoms with E-state index < -0.39 is 10.0 Å². The van der Waals surface area contributed by atoms with Crippen LogP contribution in [0.2, 0.25) is 0 Å². The van der Waals surface area contributed by atoms with Gasteiger partial charge in [0.05, 0.1) is 36.3 Å². The minimum Gasteiger partial charge on any atom is -0.363 e. The predicted octanol–water partition coefficient (Wildman–Crippen LogP) is 1.54. The number of aryl methyl sites for hydroxylation is 3. The molecule has 1 N–H and O–H groups in total. The van der Waals surface area contributed by atoms with Gasteiger partial charge in [-0.1, -0.05) is 0 Å². The third kappa shape index (κ3) is 3.86. The summed E-state index contributed by atoms with van der Waals surface area (Å²) in [5.74, 6) is 0.547. The fourth-order valence-corrected chi connectivity index (χ4v) is 3.97. The Morgan fingerprint density at radius 2 is 2.08 bits per heavy atom.